The average molecular weight is 258 g/mol. The standard InChI is InChI=1S/C12H20ClN3O/c1-3-16-12(10(13)7-15-16)11(14-2)6-9-4-5-17-8-9/h7,9,11,14H,3-6,8H2,1-2H3. The summed E-state index contributed by atoms with van der Waals surface area (Å²) in [4.78, 5) is 0. The SMILES string of the molecule is CCn1ncc(Cl)c1C(CC1CCOC1)NC. The Morgan fingerprint density at radius 1 is 1.71 bits per heavy atom. The van der Waals surface area contributed by atoms with Gasteiger partial charge in [0.25, 0.3) is 0 Å². The van der Waals surface area contributed by atoms with E-state index in [4.69, 9.17) is 16.3 Å². The molecule has 2 unspecified atom stereocenters. The first kappa shape index (κ1) is 12.9. The summed E-state index contributed by atoms with van der Waals surface area (Å²) in [6.45, 7) is 4.69. The maximum Gasteiger partial charge on any atom is 0.0834 e. The van der Waals surface area contributed by atoms with Crippen molar-refractivity contribution in [3.63, 3.8) is 0 Å². The Labute approximate surface area is 107 Å². The van der Waals surface area contributed by atoms with Gasteiger partial charge in [-0.05, 0) is 32.7 Å². The minimum Gasteiger partial charge on any atom is -0.381 e. The lowest BCUT2D eigenvalue weighted by molar-refractivity contribution is 0.181. The van der Waals surface area contributed by atoms with Gasteiger partial charge in [-0.15, -0.1) is 0 Å². The smallest absolute Gasteiger partial charge is 0.0834 e. The molecule has 2 rings (SSSR count). The fourth-order valence-corrected chi connectivity index (χ4v) is 2.71. The van der Waals surface area contributed by atoms with Crippen LogP contribution in [0.2, 0.25) is 5.02 Å². The number of aromatic nitrogens is 2. The van der Waals surface area contributed by atoms with Crippen molar-refractivity contribution < 1.29 is 4.74 Å². The number of ether oxygens (including phenoxy) is 1. The Bertz CT molecular complexity index is 361. The number of aryl methyl sites for hydroxylation is 1. The Balaban J connectivity index is 2.12. The van der Waals surface area contributed by atoms with Gasteiger partial charge in [-0.25, -0.2) is 0 Å². The van der Waals surface area contributed by atoms with E-state index in [2.05, 4.69) is 17.3 Å². The number of halogens is 1. The van der Waals surface area contributed by atoms with Crippen LogP contribution >= 0.6 is 11.6 Å². The number of hydrogen-bond acceptors (Lipinski definition) is 3. The number of hydrogen-bond donors (Lipinski definition) is 1. The Hall–Kier alpha value is -0.580. The van der Waals surface area contributed by atoms with Gasteiger partial charge in [0, 0.05) is 19.8 Å². The summed E-state index contributed by atoms with van der Waals surface area (Å²) >= 11 is 6.23. The molecule has 1 aromatic heterocycles. The first-order valence-electron chi connectivity index (χ1n) is 6.22. The molecular formula is C12H20ClN3O. The molecule has 1 saturated heterocycles. The molecule has 17 heavy (non-hydrogen) atoms. The van der Waals surface area contributed by atoms with Crippen LogP contribution in [0.5, 0.6) is 0 Å². The van der Waals surface area contributed by atoms with Crippen LogP contribution in [0, 0.1) is 5.92 Å². The molecule has 1 fully saturated rings. The number of nitrogens with zero attached hydrogens (tertiary/aromatic N) is 2. The largest absolute Gasteiger partial charge is 0.381 e. The maximum absolute atomic E-state index is 6.23. The van der Waals surface area contributed by atoms with E-state index in [9.17, 15) is 0 Å². The van der Waals surface area contributed by atoms with Crippen LogP contribution in [0.4, 0.5) is 0 Å². The summed E-state index contributed by atoms with van der Waals surface area (Å²) in [5.74, 6) is 0.628. The van der Waals surface area contributed by atoms with Crippen LogP contribution in [0.1, 0.15) is 31.5 Å². The summed E-state index contributed by atoms with van der Waals surface area (Å²) in [5.41, 5.74) is 1.10. The van der Waals surface area contributed by atoms with Gasteiger partial charge in [-0.3, -0.25) is 4.68 Å². The second-order valence-electron chi connectivity index (χ2n) is 4.50. The van der Waals surface area contributed by atoms with Crippen molar-refractivity contribution in [2.45, 2.75) is 32.4 Å². The zero-order chi connectivity index (χ0) is 12.3. The van der Waals surface area contributed by atoms with Crippen molar-refractivity contribution in [1.82, 2.24) is 15.1 Å². The highest BCUT2D eigenvalue weighted by Gasteiger charge is 2.24. The fraction of sp³-hybridized carbons (Fsp3) is 0.750. The average Bonchev–Trinajstić information content (AvgIpc) is 2.95. The second-order valence-corrected chi connectivity index (χ2v) is 4.91. The molecule has 0 radical (unpaired) electrons. The summed E-state index contributed by atoms with van der Waals surface area (Å²) in [6.07, 6.45) is 3.94. The van der Waals surface area contributed by atoms with Crippen molar-refractivity contribution in [3.05, 3.63) is 16.9 Å². The lowest BCUT2D eigenvalue weighted by atomic mass is 9.97. The Kier molecular flexibility index (Phi) is 4.42. The maximum atomic E-state index is 6.23. The molecule has 0 aliphatic carbocycles. The number of rotatable bonds is 5. The van der Waals surface area contributed by atoms with Crippen LogP contribution in [0.25, 0.3) is 0 Å². The first-order valence-corrected chi connectivity index (χ1v) is 6.60. The van der Waals surface area contributed by atoms with Crippen molar-refractivity contribution in [2.75, 3.05) is 20.3 Å². The minimum atomic E-state index is 0.261. The predicted octanol–water partition coefficient (Wildman–Crippen LogP) is 2.24. The Morgan fingerprint density at radius 2 is 2.53 bits per heavy atom. The second kappa shape index (κ2) is 5.85. The van der Waals surface area contributed by atoms with Crippen molar-refractivity contribution in [3.8, 4) is 0 Å². The molecule has 0 saturated carbocycles. The predicted molar refractivity (Wildman–Crippen MR) is 68.3 cm³/mol. The van der Waals surface area contributed by atoms with Gasteiger partial charge < -0.3 is 10.1 Å². The van der Waals surface area contributed by atoms with Crippen LogP contribution in [0.15, 0.2) is 6.20 Å². The van der Waals surface area contributed by atoms with E-state index >= 15 is 0 Å². The van der Waals surface area contributed by atoms with Crippen molar-refractivity contribution >= 4 is 11.6 Å². The molecule has 0 bridgehead atoms. The first-order chi connectivity index (χ1) is 8.26. The van der Waals surface area contributed by atoms with E-state index in [0.717, 1.165) is 43.3 Å². The normalized spacial score (nSPS) is 21.9. The van der Waals surface area contributed by atoms with Crippen molar-refractivity contribution in [2.24, 2.45) is 5.92 Å². The van der Waals surface area contributed by atoms with Crippen LogP contribution in [-0.4, -0.2) is 30.0 Å². The van der Waals surface area contributed by atoms with E-state index in [1.807, 2.05) is 11.7 Å². The van der Waals surface area contributed by atoms with E-state index in [1.54, 1.807) is 6.20 Å². The molecule has 1 N–H and O–H groups in total. The summed E-state index contributed by atoms with van der Waals surface area (Å²) in [7, 11) is 1.98. The Morgan fingerprint density at radius 3 is 3.12 bits per heavy atom. The molecule has 0 aromatic carbocycles. The third-order valence-corrected chi connectivity index (χ3v) is 3.70. The van der Waals surface area contributed by atoms with Gasteiger partial charge in [-0.1, -0.05) is 11.6 Å². The van der Waals surface area contributed by atoms with E-state index in [-0.39, 0.29) is 6.04 Å². The third kappa shape index (κ3) is 2.81. The molecule has 2 atom stereocenters. The summed E-state index contributed by atoms with van der Waals surface area (Å²) < 4.78 is 7.39. The fourth-order valence-electron chi connectivity index (χ4n) is 2.44. The lowest BCUT2D eigenvalue weighted by Crippen LogP contribution is -2.23. The highest BCUT2D eigenvalue weighted by atomic mass is 35.5. The topological polar surface area (TPSA) is 39.1 Å². The van der Waals surface area contributed by atoms with Crippen LogP contribution < -0.4 is 5.32 Å². The van der Waals surface area contributed by atoms with E-state index in [1.165, 1.54) is 0 Å². The molecule has 2 heterocycles. The quantitative estimate of drug-likeness (QED) is 0.879. The third-order valence-electron chi connectivity index (χ3n) is 3.40. The van der Waals surface area contributed by atoms with Gasteiger partial charge >= 0.3 is 0 Å². The zero-order valence-electron chi connectivity index (χ0n) is 10.4. The van der Waals surface area contributed by atoms with Gasteiger partial charge in [0.05, 0.1) is 23.0 Å². The van der Waals surface area contributed by atoms with Crippen molar-refractivity contribution in [1.29, 1.82) is 0 Å². The zero-order valence-corrected chi connectivity index (χ0v) is 11.2. The molecule has 1 aliphatic rings. The van der Waals surface area contributed by atoms with E-state index in [0.29, 0.717) is 5.92 Å². The van der Waals surface area contributed by atoms with Crippen LogP contribution in [0.3, 0.4) is 0 Å². The molecule has 1 aliphatic heterocycles. The molecule has 96 valence electrons. The summed E-state index contributed by atoms with van der Waals surface area (Å²) in [6, 6.07) is 0.261. The summed E-state index contributed by atoms with van der Waals surface area (Å²) in [5, 5.41) is 8.39. The number of nitrogens with one attached hydrogen (secondary N) is 1. The van der Waals surface area contributed by atoms with Gasteiger partial charge in [0.15, 0.2) is 0 Å². The van der Waals surface area contributed by atoms with Gasteiger partial charge in [-0.2, -0.15) is 5.10 Å². The minimum absolute atomic E-state index is 0.261. The molecular weight excluding hydrogens is 238 g/mol. The van der Waals surface area contributed by atoms with Gasteiger partial charge in [0.1, 0.15) is 0 Å². The highest BCUT2D eigenvalue weighted by molar-refractivity contribution is 6.31. The molecule has 1 aromatic rings. The molecule has 4 nitrogen and oxygen atoms in total. The highest BCUT2D eigenvalue weighted by Crippen LogP contribution is 2.30. The molecule has 5 heteroatoms. The van der Waals surface area contributed by atoms with Gasteiger partial charge in [0.2, 0.25) is 0 Å². The monoisotopic (exact) mass is 257 g/mol. The lowest BCUT2D eigenvalue weighted by Gasteiger charge is -2.20. The molecule has 0 amide bonds. The molecule has 0 spiro atoms. The van der Waals surface area contributed by atoms with Crippen LogP contribution in [-0.2, 0) is 11.3 Å². The van der Waals surface area contributed by atoms with E-state index < -0.39 is 0 Å².